The van der Waals surface area contributed by atoms with E-state index in [0.29, 0.717) is 6.04 Å². The number of nitrogens with zero attached hydrogens (tertiary/aromatic N) is 1. The lowest BCUT2D eigenvalue weighted by molar-refractivity contribution is 0.447. The zero-order valence-electron chi connectivity index (χ0n) is 13.9. The molecule has 2 heterocycles. The lowest BCUT2D eigenvalue weighted by Gasteiger charge is -2.18. The monoisotopic (exact) mass is 331 g/mol. The van der Waals surface area contributed by atoms with Crippen molar-refractivity contribution in [2.45, 2.75) is 70.9 Å². The first kappa shape index (κ1) is 15.3. The minimum Gasteiger partial charge on any atom is -0.309 e. The number of aromatic amines is 1. The van der Waals surface area contributed by atoms with Crippen LogP contribution in [0.1, 0.15) is 68.3 Å². The average molecular weight is 331 g/mol. The van der Waals surface area contributed by atoms with Gasteiger partial charge in [0.15, 0.2) is 0 Å². The Labute approximate surface area is 140 Å². The van der Waals surface area contributed by atoms with Gasteiger partial charge in [-0.25, -0.2) is 4.98 Å². The van der Waals surface area contributed by atoms with Gasteiger partial charge >= 0.3 is 0 Å². The summed E-state index contributed by atoms with van der Waals surface area (Å²) in [6, 6.07) is 0.677. The van der Waals surface area contributed by atoms with Crippen LogP contribution in [-0.4, -0.2) is 16.0 Å². The summed E-state index contributed by atoms with van der Waals surface area (Å²) in [5.41, 5.74) is 1.32. The lowest BCUT2D eigenvalue weighted by Crippen LogP contribution is -2.31. The molecular weight excluding hydrogens is 306 g/mol. The molecule has 0 saturated heterocycles. The minimum absolute atomic E-state index is 0.0529. The van der Waals surface area contributed by atoms with Gasteiger partial charge in [-0.1, -0.05) is 19.8 Å². The number of H-pyrrole nitrogens is 1. The predicted octanol–water partition coefficient (Wildman–Crippen LogP) is 3.70. The van der Waals surface area contributed by atoms with Crippen LogP contribution in [0, 0.1) is 5.92 Å². The van der Waals surface area contributed by atoms with E-state index in [-0.39, 0.29) is 11.6 Å². The van der Waals surface area contributed by atoms with Crippen LogP contribution in [0.25, 0.3) is 10.2 Å². The van der Waals surface area contributed by atoms with E-state index in [1.807, 2.05) is 0 Å². The Morgan fingerprint density at radius 1 is 1.30 bits per heavy atom. The number of aryl methyl sites for hydroxylation is 1. The van der Waals surface area contributed by atoms with E-state index in [9.17, 15) is 4.79 Å². The topological polar surface area (TPSA) is 57.8 Å². The fraction of sp³-hybridized carbons (Fsp3) is 0.667. The van der Waals surface area contributed by atoms with Crippen molar-refractivity contribution >= 4 is 21.6 Å². The lowest BCUT2D eigenvalue weighted by atomic mass is 9.89. The molecule has 0 unspecified atom stereocenters. The molecule has 23 heavy (non-hydrogen) atoms. The van der Waals surface area contributed by atoms with Crippen molar-refractivity contribution in [3.05, 3.63) is 26.6 Å². The third kappa shape index (κ3) is 2.85. The van der Waals surface area contributed by atoms with Gasteiger partial charge in [0.1, 0.15) is 10.7 Å². The van der Waals surface area contributed by atoms with Crippen molar-refractivity contribution in [1.82, 2.24) is 15.3 Å². The molecule has 2 aliphatic carbocycles. The third-order valence-electron chi connectivity index (χ3n) is 5.43. The molecule has 1 saturated carbocycles. The van der Waals surface area contributed by atoms with Crippen LogP contribution in [0.2, 0.25) is 0 Å². The number of hydrogen-bond acceptors (Lipinski definition) is 4. The van der Waals surface area contributed by atoms with E-state index in [2.05, 4.69) is 24.1 Å². The van der Waals surface area contributed by atoms with Crippen LogP contribution in [-0.2, 0) is 12.8 Å². The Bertz CT molecular complexity index is 772. The fourth-order valence-corrected chi connectivity index (χ4v) is 5.49. The first-order valence-electron chi connectivity index (χ1n) is 8.92. The van der Waals surface area contributed by atoms with Crippen molar-refractivity contribution in [1.29, 1.82) is 0 Å². The van der Waals surface area contributed by atoms with Crippen LogP contribution >= 0.6 is 11.3 Å². The molecule has 1 fully saturated rings. The molecule has 2 aromatic rings. The molecule has 0 amide bonds. The largest absolute Gasteiger partial charge is 0.309 e. The molecule has 2 N–H and O–H groups in total. The number of hydrogen-bond donors (Lipinski definition) is 2. The highest BCUT2D eigenvalue weighted by Crippen LogP contribution is 2.35. The summed E-state index contributed by atoms with van der Waals surface area (Å²) < 4.78 is 0. The fourth-order valence-electron chi connectivity index (χ4n) is 4.10. The molecule has 0 aliphatic heterocycles. The maximum Gasteiger partial charge on any atom is 0.259 e. The standard InChI is InChI=1S/C18H25N3OS/c1-10-7-8-13-14(9-10)23-18-15(13)17(22)20-16(21-18)11(2)19-12-5-3-4-6-12/h10-12,19H,3-9H2,1-2H3,(H,20,21,22)/t10-,11+/m1/s1. The molecule has 0 spiro atoms. The van der Waals surface area contributed by atoms with E-state index in [0.717, 1.165) is 34.8 Å². The smallest absolute Gasteiger partial charge is 0.259 e. The second kappa shape index (κ2) is 6.02. The summed E-state index contributed by atoms with van der Waals surface area (Å²) in [6.45, 7) is 4.40. The Morgan fingerprint density at radius 3 is 2.87 bits per heavy atom. The van der Waals surface area contributed by atoms with Gasteiger partial charge in [0, 0.05) is 10.9 Å². The van der Waals surface area contributed by atoms with Crippen LogP contribution in [0.15, 0.2) is 4.79 Å². The Balaban J connectivity index is 1.68. The van der Waals surface area contributed by atoms with Gasteiger partial charge in [-0.05, 0) is 50.5 Å². The van der Waals surface area contributed by atoms with Gasteiger partial charge in [0.05, 0.1) is 11.4 Å². The van der Waals surface area contributed by atoms with Crippen LogP contribution in [0.3, 0.4) is 0 Å². The van der Waals surface area contributed by atoms with E-state index in [4.69, 9.17) is 4.98 Å². The third-order valence-corrected chi connectivity index (χ3v) is 6.58. The summed E-state index contributed by atoms with van der Waals surface area (Å²) in [5.74, 6) is 1.51. The molecule has 2 atom stereocenters. The molecule has 2 aromatic heterocycles. The van der Waals surface area contributed by atoms with Crippen molar-refractivity contribution in [3.8, 4) is 0 Å². The maximum absolute atomic E-state index is 12.6. The summed E-state index contributed by atoms with van der Waals surface area (Å²) in [7, 11) is 0. The molecule has 0 radical (unpaired) electrons. The highest BCUT2D eigenvalue weighted by molar-refractivity contribution is 7.18. The van der Waals surface area contributed by atoms with Gasteiger partial charge in [-0.15, -0.1) is 11.3 Å². The quantitative estimate of drug-likeness (QED) is 0.901. The van der Waals surface area contributed by atoms with Crippen molar-refractivity contribution in [2.75, 3.05) is 0 Å². The van der Waals surface area contributed by atoms with E-state index < -0.39 is 0 Å². The summed E-state index contributed by atoms with van der Waals surface area (Å²) >= 11 is 1.73. The summed E-state index contributed by atoms with van der Waals surface area (Å²) in [5, 5.41) is 4.48. The van der Waals surface area contributed by atoms with Crippen molar-refractivity contribution in [3.63, 3.8) is 0 Å². The number of aromatic nitrogens is 2. The van der Waals surface area contributed by atoms with Crippen molar-refractivity contribution in [2.24, 2.45) is 5.92 Å². The van der Waals surface area contributed by atoms with Gasteiger partial charge in [-0.2, -0.15) is 0 Å². The SMILES string of the molecule is C[C@@H]1CCc2c(sc3nc([C@H](C)NC4CCCC4)[nH]c(=O)c23)C1. The Morgan fingerprint density at radius 2 is 2.09 bits per heavy atom. The summed E-state index contributed by atoms with van der Waals surface area (Å²) in [4.78, 5) is 22.8. The zero-order chi connectivity index (χ0) is 16.0. The second-order valence-corrected chi connectivity index (χ2v) is 8.44. The van der Waals surface area contributed by atoms with E-state index in [1.54, 1.807) is 11.3 Å². The van der Waals surface area contributed by atoms with Gasteiger partial charge in [-0.3, -0.25) is 4.79 Å². The van der Waals surface area contributed by atoms with Crippen molar-refractivity contribution < 1.29 is 0 Å². The minimum atomic E-state index is 0.0529. The van der Waals surface area contributed by atoms with Crippen LogP contribution in [0.4, 0.5) is 0 Å². The molecule has 4 rings (SSSR count). The van der Waals surface area contributed by atoms with E-state index in [1.165, 1.54) is 42.5 Å². The molecular formula is C18H25N3OS. The number of thiophene rings is 1. The van der Waals surface area contributed by atoms with Gasteiger partial charge < -0.3 is 10.3 Å². The summed E-state index contributed by atoms with van der Waals surface area (Å²) in [6.07, 6.45) is 8.40. The number of rotatable bonds is 3. The molecule has 2 aliphatic rings. The molecule has 4 nitrogen and oxygen atoms in total. The van der Waals surface area contributed by atoms with Gasteiger partial charge in [0.25, 0.3) is 5.56 Å². The molecule has 0 bridgehead atoms. The zero-order valence-corrected chi connectivity index (χ0v) is 14.8. The number of nitrogens with one attached hydrogen (secondary N) is 2. The predicted molar refractivity (Wildman–Crippen MR) is 95.2 cm³/mol. The highest BCUT2D eigenvalue weighted by atomic mass is 32.1. The first-order valence-corrected chi connectivity index (χ1v) is 9.74. The van der Waals surface area contributed by atoms with Gasteiger partial charge in [0.2, 0.25) is 0 Å². The Kier molecular flexibility index (Phi) is 4.01. The van der Waals surface area contributed by atoms with E-state index >= 15 is 0 Å². The normalized spacial score (nSPS) is 23.3. The van der Waals surface area contributed by atoms with Crippen LogP contribution in [0.5, 0.6) is 0 Å². The highest BCUT2D eigenvalue weighted by Gasteiger charge is 2.24. The number of fused-ring (bicyclic) bond motifs is 3. The Hall–Kier alpha value is -1.20. The maximum atomic E-state index is 12.6. The first-order chi connectivity index (χ1) is 11.1. The molecule has 0 aromatic carbocycles. The average Bonchev–Trinajstić information content (AvgIpc) is 3.13. The molecule has 124 valence electrons. The second-order valence-electron chi connectivity index (χ2n) is 7.35. The molecule has 5 heteroatoms. The van der Waals surface area contributed by atoms with Crippen LogP contribution < -0.4 is 10.9 Å².